The third-order valence-electron chi connectivity index (χ3n) is 2.03. The van der Waals surface area contributed by atoms with E-state index in [0.29, 0.717) is 5.28 Å². The summed E-state index contributed by atoms with van der Waals surface area (Å²) in [7, 11) is 0. The Morgan fingerprint density at radius 1 is 1.43 bits per heavy atom. The summed E-state index contributed by atoms with van der Waals surface area (Å²) in [6, 6.07) is 6.10. The standard InChI is InChI=1S/C10H8BrClN2/c1-6-2-3-7(11)4-8(6)9-5-13-10(12)14-9/h2-5H,1H3,(H,13,14). The maximum atomic E-state index is 5.72. The van der Waals surface area contributed by atoms with Crippen molar-refractivity contribution in [3.63, 3.8) is 0 Å². The van der Waals surface area contributed by atoms with Gasteiger partial charge in [-0.2, -0.15) is 0 Å². The molecule has 1 heterocycles. The summed E-state index contributed by atoms with van der Waals surface area (Å²) >= 11 is 9.16. The molecule has 4 heteroatoms. The van der Waals surface area contributed by atoms with Crippen LogP contribution in [0.4, 0.5) is 0 Å². The first kappa shape index (κ1) is 9.74. The van der Waals surface area contributed by atoms with Crippen LogP contribution in [0.15, 0.2) is 28.9 Å². The van der Waals surface area contributed by atoms with Gasteiger partial charge in [0, 0.05) is 10.0 Å². The first-order chi connectivity index (χ1) is 6.66. The lowest BCUT2D eigenvalue weighted by Gasteiger charge is -2.03. The molecule has 14 heavy (non-hydrogen) atoms. The molecule has 2 nitrogen and oxygen atoms in total. The fourth-order valence-electron chi connectivity index (χ4n) is 1.32. The van der Waals surface area contributed by atoms with Crippen LogP contribution in [0.5, 0.6) is 0 Å². The van der Waals surface area contributed by atoms with Gasteiger partial charge in [-0.25, -0.2) is 4.98 Å². The maximum absolute atomic E-state index is 5.72. The third kappa shape index (κ3) is 1.83. The van der Waals surface area contributed by atoms with Crippen molar-refractivity contribution < 1.29 is 0 Å². The van der Waals surface area contributed by atoms with E-state index in [2.05, 4.69) is 32.8 Å². The van der Waals surface area contributed by atoms with Gasteiger partial charge in [0.1, 0.15) is 0 Å². The Morgan fingerprint density at radius 2 is 2.21 bits per heavy atom. The van der Waals surface area contributed by atoms with Crippen LogP contribution in [0.25, 0.3) is 11.3 Å². The zero-order valence-corrected chi connectivity index (χ0v) is 9.85. The van der Waals surface area contributed by atoms with E-state index < -0.39 is 0 Å². The molecule has 0 atom stereocenters. The monoisotopic (exact) mass is 270 g/mol. The molecule has 0 unspecified atom stereocenters. The van der Waals surface area contributed by atoms with Crippen LogP contribution in [0.3, 0.4) is 0 Å². The van der Waals surface area contributed by atoms with Gasteiger partial charge in [0.05, 0.1) is 11.9 Å². The number of benzene rings is 1. The van der Waals surface area contributed by atoms with Gasteiger partial charge in [-0.05, 0) is 36.2 Å². The van der Waals surface area contributed by atoms with Gasteiger partial charge in [0.2, 0.25) is 0 Å². The van der Waals surface area contributed by atoms with Gasteiger partial charge in [-0.1, -0.05) is 22.0 Å². The predicted molar refractivity (Wildman–Crippen MR) is 61.5 cm³/mol. The number of halogens is 2. The number of aryl methyl sites for hydroxylation is 1. The van der Waals surface area contributed by atoms with Crippen molar-refractivity contribution in [2.75, 3.05) is 0 Å². The second-order valence-corrected chi connectivity index (χ2v) is 4.32. The van der Waals surface area contributed by atoms with Crippen LogP contribution in [0.2, 0.25) is 5.28 Å². The van der Waals surface area contributed by atoms with Crippen molar-refractivity contribution in [2.45, 2.75) is 6.92 Å². The molecule has 72 valence electrons. The van der Waals surface area contributed by atoms with Crippen LogP contribution in [-0.4, -0.2) is 9.97 Å². The van der Waals surface area contributed by atoms with Crippen LogP contribution >= 0.6 is 27.5 Å². The van der Waals surface area contributed by atoms with E-state index in [9.17, 15) is 0 Å². The molecule has 2 rings (SSSR count). The Kier molecular flexibility index (Phi) is 2.61. The average molecular weight is 272 g/mol. The lowest BCUT2D eigenvalue weighted by atomic mass is 10.1. The zero-order chi connectivity index (χ0) is 10.1. The first-order valence-corrected chi connectivity index (χ1v) is 5.31. The quantitative estimate of drug-likeness (QED) is 0.839. The summed E-state index contributed by atoms with van der Waals surface area (Å²) in [6.07, 6.45) is 1.73. The highest BCUT2D eigenvalue weighted by Crippen LogP contribution is 2.25. The molecule has 1 aromatic heterocycles. The molecule has 1 aromatic carbocycles. The minimum atomic E-state index is 0.416. The second kappa shape index (κ2) is 3.75. The van der Waals surface area contributed by atoms with E-state index in [4.69, 9.17) is 11.6 Å². The maximum Gasteiger partial charge on any atom is 0.200 e. The zero-order valence-electron chi connectivity index (χ0n) is 7.51. The molecule has 2 aromatic rings. The molecule has 0 radical (unpaired) electrons. The molecule has 0 aliphatic carbocycles. The molecular formula is C10H8BrClN2. The lowest BCUT2D eigenvalue weighted by Crippen LogP contribution is -1.82. The summed E-state index contributed by atoms with van der Waals surface area (Å²) < 4.78 is 1.05. The topological polar surface area (TPSA) is 28.7 Å². The van der Waals surface area contributed by atoms with E-state index >= 15 is 0 Å². The van der Waals surface area contributed by atoms with Crippen LogP contribution in [0.1, 0.15) is 5.56 Å². The fourth-order valence-corrected chi connectivity index (χ4v) is 1.83. The molecule has 1 N–H and O–H groups in total. The third-order valence-corrected chi connectivity index (χ3v) is 2.72. The van der Waals surface area contributed by atoms with Gasteiger partial charge in [0.15, 0.2) is 5.28 Å². The summed E-state index contributed by atoms with van der Waals surface area (Å²) in [4.78, 5) is 6.95. The molecule has 0 saturated carbocycles. The number of aromatic nitrogens is 2. The molecule has 0 fully saturated rings. The normalized spacial score (nSPS) is 10.5. The average Bonchev–Trinajstić information content (AvgIpc) is 2.56. The predicted octanol–water partition coefficient (Wildman–Crippen LogP) is 3.80. The summed E-state index contributed by atoms with van der Waals surface area (Å²) in [6.45, 7) is 2.05. The molecule has 0 saturated heterocycles. The number of H-pyrrole nitrogens is 1. The molecule has 0 aliphatic heterocycles. The van der Waals surface area contributed by atoms with Crippen molar-refractivity contribution in [1.29, 1.82) is 0 Å². The van der Waals surface area contributed by atoms with E-state index in [1.165, 1.54) is 5.56 Å². The number of hydrogen-bond acceptors (Lipinski definition) is 1. The van der Waals surface area contributed by atoms with Crippen molar-refractivity contribution in [3.8, 4) is 11.3 Å². The van der Waals surface area contributed by atoms with Gasteiger partial charge in [-0.15, -0.1) is 0 Å². The van der Waals surface area contributed by atoms with E-state index in [1.807, 2.05) is 18.2 Å². The summed E-state index contributed by atoms with van der Waals surface area (Å²) in [5.41, 5.74) is 3.24. The molecule has 0 bridgehead atoms. The van der Waals surface area contributed by atoms with Gasteiger partial charge >= 0.3 is 0 Å². The Bertz CT molecular complexity index is 465. The van der Waals surface area contributed by atoms with Crippen LogP contribution in [0, 0.1) is 6.92 Å². The fraction of sp³-hybridized carbons (Fsp3) is 0.100. The highest BCUT2D eigenvalue weighted by molar-refractivity contribution is 9.10. The van der Waals surface area contributed by atoms with Crippen molar-refractivity contribution in [2.24, 2.45) is 0 Å². The minimum absolute atomic E-state index is 0.416. The SMILES string of the molecule is Cc1ccc(Br)cc1-c1cnc(Cl)[nH]1. The summed E-state index contributed by atoms with van der Waals surface area (Å²) in [5, 5.41) is 0.416. The molecule has 0 aliphatic rings. The first-order valence-electron chi connectivity index (χ1n) is 4.14. The van der Waals surface area contributed by atoms with Crippen molar-refractivity contribution >= 4 is 27.5 Å². The minimum Gasteiger partial charge on any atom is -0.329 e. The molecular weight excluding hydrogens is 263 g/mol. The van der Waals surface area contributed by atoms with Crippen molar-refractivity contribution in [3.05, 3.63) is 39.7 Å². The number of hydrogen-bond donors (Lipinski definition) is 1. The van der Waals surface area contributed by atoms with E-state index in [1.54, 1.807) is 6.20 Å². The Balaban J connectivity index is 2.55. The van der Waals surface area contributed by atoms with Gasteiger partial charge in [-0.3, -0.25) is 0 Å². The van der Waals surface area contributed by atoms with Crippen LogP contribution in [-0.2, 0) is 0 Å². The number of imidazole rings is 1. The van der Waals surface area contributed by atoms with Gasteiger partial charge < -0.3 is 4.98 Å². The largest absolute Gasteiger partial charge is 0.329 e. The van der Waals surface area contributed by atoms with E-state index in [-0.39, 0.29) is 0 Å². The Hall–Kier alpha value is -0.800. The summed E-state index contributed by atoms with van der Waals surface area (Å²) in [5.74, 6) is 0. The highest BCUT2D eigenvalue weighted by atomic mass is 79.9. The van der Waals surface area contributed by atoms with Crippen LogP contribution < -0.4 is 0 Å². The van der Waals surface area contributed by atoms with E-state index in [0.717, 1.165) is 15.7 Å². The Labute approximate surface area is 95.5 Å². The second-order valence-electron chi connectivity index (χ2n) is 3.05. The Morgan fingerprint density at radius 3 is 2.86 bits per heavy atom. The number of nitrogens with zero attached hydrogens (tertiary/aromatic N) is 1. The lowest BCUT2D eigenvalue weighted by molar-refractivity contribution is 1.31. The number of nitrogens with one attached hydrogen (secondary N) is 1. The smallest absolute Gasteiger partial charge is 0.200 e. The molecule has 0 spiro atoms. The van der Waals surface area contributed by atoms with Crippen molar-refractivity contribution in [1.82, 2.24) is 9.97 Å². The highest BCUT2D eigenvalue weighted by Gasteiger charge is 2.05. The molecule has 0 amide bonds. The number of rotatable bonds is 1. The number of aromatic amines is 1. The van der Waals surface area contributed by atoms with Gasteiger partial charge in [0.25, 0.3) is 0 Å².